The molecule has 1 aliphatic carbocycles. The van der Waals surface area contributed by atoms with Crippen LogP contribution in [0.15, 0.2) is 109 Å². The number of esters is 1. The Hall–Kier alpha value is -3.45. The number of rotatable bonds is 6. The van der Waals surface area contributed by atoms with Crippen molar-refractivity contribution in [3.8, 4) is 11.1 Å². The number of benzene rings is 4. The molecule has 6 rings (SSSR count). The molecule has 1 aliphatic heterocycles. The average molecular weight is 566 g/mol. The maximum Gasteiger partial charge on any atom is 0.324 e. The Morgan fingerprint density at radius 2 is 1.38 bits per heavy atom. The van der Waals surface area contributed by atoms with Gasteiger partial charge in [0.2, 0.25) is 4.38 Å². The maximum atomic E-state index is 14.3. The summed E-state index contributed by atoms with van der Waals surface area (Å²) in [6, 6.07) is 36.6. The molecule has 1 saturated heterocycles. The van der Waals surface area contributed by atoms with Gasteiger partial charge in [-0.1, -0.05) is 136 Å². The molecular weight excluding hydrogens is 535 g/mol. The van der Waals surface area contributed by atoms with Gasteiger partial charge in [0.15, 0.2) is 0 Å². The predicted octanol–water partition coefficient (Wildman–Crippen LogP) is 7.01. The minimum Gasteiger partial charge on any atom is -0.473 e. The third-order valence-corrected chi connectivity index (χ3v) is 8.65. The molecule has 0 radical (unpaired) electrons. The van der Waals surface area contributed by atoms with Gasteiger partial charge >= 0.3 is 5.97 Å². The molecule has 4 aromatic rings. The van der Waals surface area contributed by atoms with Crippen LogP contribution in [0.5, 0.6) is 0 Å². The number of thiol groups is 1. The number of hydrogen-bond donors (Lipinski definition) is 1. The molecule has 0 N–H and O–H groups in total. The van der Waals surface area contributed by atoms with Gasteiger partial charge in [-0.05, 0) is 45.6 Å². The predicted molar refractivity (Wildman–Crippen MR) is 165 cm³/mol. The van der Waals surface area contributed by atoms with Crippen LogP contribution in [-0.2, 0) is 26.4 Å². The number of carbonyl (C=O) groups is 1. The fourth-order valence-corrected chi connectivity index (χ4v) is 6.90. The molecule has 1 fully saturated rings. The molecule has 40 heavy (non-hydrogen) atoms. The Balaban J connectivity index is 1.56. The molecule has 0 amide bonds. The summed E-state index contributed by atoms with van der Waals surface area (Å²) in [5.41, 5.74) is 5.21. The van der Waals surface area contributed by atoms with Crippen LogP contribution in [0.1, 0.15) is 36.1 Å². The average Bonchev–Trinajstić information content (AvgIpc) is 3.41. The van der Waals surface area contributed by atoms with Gasteiger partial charge in [-0.15, -0.1) is 0 Å². The number of nitrogens with zero attached hydrogens (tertiary/aromatic N) is 1. The van der Waals surface area contributed by atoms with Gasteiger partial charge in [0.1, 0.15) is 18.8 Å². The highest BCUT2D eigenvalue weighted by Crippen LogP contribution is 2.58. The first-order valence-corrected chi connectivity index (χ1v) is 14.3. The Labute approximate surface area is 246 Å². The maximum absolute atomic E-state index is 14.3. The van der Waals surface area contributed by atoms with Crippen LogP contribution in [0.4, 0.5) is 0 Å². The Bertz CT molecular complexity index is 1510. The number of fused-ring (bicyclic) bond motifs is 3. The van der Waals surface area contributed by atoms with E-state index >= 15 is 0 Å². The van der Waals surface area contributed by atoms with Crippen molar-refractivity contribution in [1.82, 2.24) is 4.90 Å². The van der Waals surface area contributed by atoms with Crippen molar-refractivity contribution in [3.63, 3.8) is 0 Å². The topological polar surface area (TPSA) is 38.8 Å². The normalized spacial score (nSPS) is 20.4. The SMILES string of the molecule is CC1(C)[C@@H](OC(=S)S)CN(C2(c3ccccc3)c3ccccc3-c3ccccc32)[C@@H]1C(=O)OCc1ccccc1. The van der Waals surface area contributed by atoms with E-state index in [0.717, 1.165) is 33.4 Å². The summed E-state index contributed by atoms with van der Waals surface area (Å²) in [4.78, 5) is 16.5. The summed E-state index contributed by atoms with van der Waals surface area (Å²) in [7, 11) is 0. The van der Waals surface area contributed by atoms with E-state index in [1.54, 1.807) is 0 Å². The summed E-state index contributed by atoms with van der Waals surface area (Å²) >= 11 is 9.60. The van der Waals surface area contributed by atoms with Crippen LogP contribution >= 0.6 is 24.8 Å². The van der Waals surface area contributed by atoms with Gasteiger partial charge in [-0.25, -0.2) is 0 Å². The number of carbonyl (C=O) groups excluding carboxylic acids is 1. The fourth-order valence-electron chi connectivity index (χ4n) is 6.65. The minimum absolute atomic E-state index is 0.164. The standard InChI is InChI=1S/C34H31NO3S2/c1-33(2)29(38-32(39)40)21-35(30(33)31(36)37-22-23-13-5-3-6-14-23)34(24-15-7-4-8-16-24)27-19-11-9-17-25(27)26-18-10-12-20-28(26)34/h3-20,29-30H,21-22H2,1-2H3,(H,39,40)/t29-,30+/m0/s1. The van der Waals surface area contributed by atoms with E-state index < -0.39 is 17.0 Å². The molecule has 0 spiro atoms. The van der Waals surface area contributed by atoms with Crippen molar-refractivity contribution in [1.29, 1.82) is 0 Å². The Morgan fingerprint density at radius 3 is 1.95 bits per heavy atom. The van der Waals surface area contributed by atoms with Gasteiger partial charge in [-0.3, -0.25) is 9.69 Å². The largest absolute Gasteiger partial charge is 0.473 e. The van der Waals surface area contributed by atoms with E-state index in [4.69, 9.17) is 21.7 Å². The zero-order chi connectivity index (χ0) is 27.9. The molecule has 202 valence electrons. The van der Waals surface area contributed by atoms with Crippen LogP contribution in [0.3, 0.4) is 0 Å². The highest BCUT2D eigenvalue weighted by Gasteiger charge is 2.62. The second-order valence-electron chi connectivity index (χ2n) is 11.0. The molecule has 2 aliphatic rings. The Kier molecular flexibility index (Phi) is 7.03. The van der Waals surface area contributed by atoms with Gasteiger partial charge < -0.3 is 9.47 Å². The lowest BCUT2D eigenvalue weighted by molar-refractivity contribution is -0.155. The molecule has 4 nitrogen and oxygen atoms in total. The monoisotopic (exact) mass is 565 g/mol. The third kappa shape index (κ3) is 4.26. The van der Waals surface area contributed by atoms with Crippen LogP contribution < -0.4 is 0 Å². The second kappa shape index (κ2) is 10.5. The summed E-state index contributed by atoms with van der Waals surface area (Å²) < 4.78 is 12.4. The van der Waals surface area contributed by atoms with Crippen molar-refractivity contribution >= 4 is 35.2 Å². The first kappa shape index (κ1) is 26.8. The second-order valence-corrected chi connectivity index (χ2v) is 12.1. The summed E-state index contributed by atoms with van der Waals surface area (Å²) in [5.74, 6) is -0.290. The molecule has 0 aromatic heterocycles. The quantitative estimate of drug-likeness (QED) is 0.155. The zero-order valence-corrected chi connectivity index (χ0v) is 24.2. The van der Waals surface area contributed by atoms with Crippen LogP contribution in [0.2, 0.25) is 0 Å². The fraction of sp³-hybridized carbons (Fsp3) is 0.235. The summed E-state index contributed by atoms with van der Waals surface area (Å²) in [6.07, 6.45) is -0.382. The summed E-state index contributed by atoms with van der Waals surface area (Å²) in [6.45, 7) is 4.77. The lowest BCUT2D eigenvalue weighted by Gasteiger charge is -2.45. The van der Waals surface area contributed by atoms with Crippen LogP contribution in [0, 0.1) is 5.41 Å². The number of ether oxygens (including phenoxy) is 2. The molecule has 6 heteroatoms. The van der Waals surface area contributed by atoms with E-state index in [2.05, 4.69) is 104 Å². The van der Waals surface area contributed by atoms with Gasteiger partial charge in [-0.2, -0.15) is 0 Å². The number of likely N-dealkylation sites (tertiary alicyclic amines) is 1. The molecule has 0 saturated carbocycles. The van der Waals surface area contributed by atoms with Gasteiger partial charge in [0.25, 0.3) is 0 Å². The first-order valence-electron chi connectivity index (χ1n) is 13.5. The Morgan fingerprint density at radius 1 is 0.850 bits per heavy atom. The van der Waals surface area contributed by atoms with E-state index in [9.17, 15) is 4.79 Å². The highest BCUT2D eigenvalue weighted by atomic mass is 32.1. The van der Waals surface area contributed by atoms with Crippen molar-refractivity contribution in [2.24, 2.45) is 5.41 Å². The first-order chi connectivity index (χ1) is 19.3. The molecule has 0 unspecified atom stereocenters. The summed E-state index contributed by atoms with van der Waals surface area (Å²) in [5, 5.41) is 0. The lowest BCUT2D eigenvalue weighted by Crippen LogP contribution is -2.55. The number of thiocarbonyl (C=S) groups is 1. The molecule has 2 atom stereocenters. The smallest absolute Gasteiger partial charge is 0.324 e. The van der Waals surface area contributed by atoms with Crippen molar-refractivity contribution in [3.05, 3.63) is 131 Å². The van der Waals surface area contributed by atoms with E-state index in [1.807, 2.05) is 36.4 Å². The van der Waals surface area contributed by atoms with Gasteiger partial charge in [0, 0.05) is 12.0 Å². The van der Waals surface area contributed by atoms with Crippen molar-refractivity contribution in [2.75, 3.05) is 6.54 Å². The molecular formula is C34H31NO3S2. The number of hydrogen-bond acceptors (Lipinski definition) is 5. The van der Waals surface area contributed by atoms with Gasteiger partial charge in [0.05, 0.1) is 5.54 Å². The molecule has 1 heterocycles. The molecule has 4 aromatic carbocycles. The zero-order valence-electron chi connectivity index (χ0n) is 22.5. The van der Waals surface area contributed by atoms with Crippen LogP contribution in [0.25, 0.3) is 11.1 Å². The highest BCUT2D eigenvalue weighted by molar-refractivity contribution is 8.10. The lowest BCUT2D eigenvalue weighted by atomic mass is 9.76. The minimum atomic E-state index is -0.752. The van der Waals surface area contributed by atoms with E-state index in [1.165, 1.54) is 0 Å². The van der Waals surface area contributed by atoms with Crippen LogP contribution in [-0.4, -0.2) is 33.9 Å². The van der Waals surface area contributed by atoms with Crippen molar-refractivity contribution < 1.29 is 14.3 Å². The third-order valence-electron chi connectivity index (χ3n) is 8.45. The van der Waals surface area contributed by atoms with E-state index in [-0.39, 0.29) is 23.1 Å². The van der Waals surface area contributed by atoms with Crippen molar-refractivity contribution in [2.45, 2.75) is 38.1 Å². The van der Waals surface area contributed by atoms with E-state index in [0.29, 0.717) is 6.54 Å². The molecule has 0 bridgehead atoms.